The Labute approximate surface area is 194 Å². The first-order chi connectivity index (χ1) is 13.6. The van der Waals surface area contributed by atoms with Crippen LogP contribution in [0.3, 0.4) is 0 Å². The van der Waals surface area contributed by atoms with Crippen molar-refractivity contribution in [2.75, 3.05) is 13.1 Å². The van der Waals surface area contributed by atoms with Gasteiger partial charge >= 0.3 is 0 Å². The van der Waals surface area contributed by atoms with E-state index in [2.05, 4.69) is 42.7 Å². The zero-order valence-corrected chi connectivity index (χ0v) is 19.7. The number of carbonyl (C=O) groups excluding carboxylic acids is 1. The highest BCUT2D eigenvalue weighted by molar-refractivity contribution is 7.18. The summed E-state index contributed by atoms with van der Waals surface area (Å²) in [5.74, 6) is 0.525. The van der Waals surface area contributed by atoms with E-state index in [4.69, 9.17) is 4.98 Å². The predicted molar refractivity (Wildman–Crippen MR) is 130 cm³/mol. The molecule has 1 fully saturated rings. The summed E-state index contributed by atoms with van der Waals surface area (Å²) in [6.45, 7) is 6.15. The summed E-state index contributed by atoms with van der Waals surface area (Å²) in [6, 6.07) is 18.5. The number of nitrogens with one attached hydrogen (secondary N) is 2. The molecule has 2 N–H and O–H groups in total. The van der Waals surface area contributed by atoms with Crippen LogP contribution in [0.5, 0.6) is 0 Å². The van der Waals surface area contributed by atoms with Crippen LogP contribution in [-0.4, -0.2) is 30.0 Å². The Bertz CT molecular complexity index is 932. The number of hydrogen-bond donors (Lipinski definition) is 2. The minimum atomic E-state index is -0.653. The number of piperidine rings is 1. The number of rotatable bonds is 5. The maximum atomic E-state index is 13.5. The highest BCUT2D eigenvalue weighted by atomic mass is 35.5. The normalized spacial score (nSPS) is 20.5. The smallest absolute Gasteiger partial charge is 0.231 e. The molecular weight excluding hydrogens is 437 g/mol. The molecule has 4 nitrogen and oxygen atoms in total. The van der Waals surface area contributed by atoms with E-state index in [1.54, 1.807) is 11.3 Å². The lowest BCUT2D eigenvalue weighted by Gasteiger charge is -2.35. The minimum absolute atomic E-state index is 0. The van der Waals surface area contributed by atoms with Gasteiger partial charge in [-0.3, -0.25) is 4.79 Å². The van der Waals surface area contributed by atoms with E-state index in [1.807, 2.05) is 36.4 Å². The molecule has 1 saturated heterocycles. The molecule has 0 radical (unpaired) electrons. The predicted octanol–water partition coefficient (Wildman–Crippen LogP) is 4.75. The number of amides is 1. The van der Waals surface area contributed by atoms with Gasteiger partial charge in [0.1, 0.15) is 0 Å². The summed E-state index contributed by atoms with van der Waals surface area (Å²) >= 11 is 1.68. The van der Waals surface area contributed by atoms with E-state index in [9.17, 15) is 4.79 Å². The van der Waals surface area contributed by atoms with Gasteiger partial charge in [0, 0.05) is 12.5 Å². The van der Waals surface area contributed by atoms with Crippen LogP contribution < -0.4 is 10.6 Å². The molecule has 3 atom stereocenters. The van der Waals surface area contributed by atoms with Crippen LogP contribution in [0.15, 0.2) is 54.6 Å². The summed E-state index contributed by atoms with van der Waals surface area (Å²) in [5.41, 5.74) is 1.39. The molecule has 3 aromatic rings. The topological polar surface area (TPSA) is 54.0 Å². The van der Waals surface area contributed by atoms with Crippen LogP contribution in [0, 0.1) is 5.92 Å². The largest absolute Gasteiger partial charge is 0.352 e. The molecule has 0 aliphatic carbocycles. The van der Waals surface area contributed by atoms with Crippen LogP contribution in [0.2, 0.25) is 0 Å². The second kappa shape index (κ2) is 10.6. The van der Waals surface area contributed by atoms with Crippen molar-refractivity contribution in [2.24, 2.45) is 5.92 Å². The molecule has 162 valence electrons. The van der Waals surface area contributed by atoms with E-state index in [0.29, 0.717) is 12.3 Å². The van der Waals surface area contributed by atoms with Crippen LogP contribution in [0.1, 0.15) is 30.8 Å². The third kappa shape index (κ3) is 5.14. The van der Waals surface area contributed by atoms with E-state index >= 15 is 0 Å². The highest BCUT2D eigenvalue weighted by Crippen LogP contribution is 2.32. The summed E-state index contributed by atoms with van der Waals surface area (Å²) in [5, 5.41) is 7.76. The number of fused-ring (bicyclic) bond motifs is 1. The van der Waals surface area contributed by atoms with Crippen molar-refractivity contribution in [1.82, 2.24) is 15.6 Å². The molecule has 30 heavy (non-hydrogen) atoms. The van der Waals surface area contributed by atoms with Crippen molar-refractivity contribution in [3.05, 3.63) is 65.2 Å². The number of thiazole rings is 1. The van der Waals surface area contributed by atoms with Gasteiger partial charge in [0.25, 0.3) is 0 Å². The molecule has 1 amide bonds. The number of para-hydroxylation sites is 1. The summed E-state index contributed by atoms with van der Waals surface area (Å²) in [6.07, 6.45) is 1.57. The Morgan fingerprint density at radius 3 is 2.57 bits per heavy atom. The maximum absolute atomic E-state index is 13.5. The first-order valence-corrected chi connectivity index (χ1v) is 10.8. The second-order valence-electron chi connectivity index (χ2n) is 8.00. The van der Waals surface area contributed by atoms with Gasteiger partial charge in [-0.25, -0.2) is 4.98 Å². The van der Waals surface area contributed by atoms with E-state index in [0.717, 1.165) is 35.6 Å². The maximum Gasteiger partial charge on any atom is 0.231 e. The molecule has 2 heterocycles. The molecule has 1 aromatic heterocycles. The Balaban J connectivity index is 0.00000160. The van der Waals surface area contributed by atoms with Crippen molar-refractivity contribution in [3.63, 3.8) is 0 Å². The highest BCUT2D eigenvalue weighted by Gasteiger charge is 2.38. The van der Waals surface area contributed by atoms with Gasteiger partial charge < -0.3 is 10.6 Å². The van der Waals surface area contributed by atoms with Gasteiger partial charge in [-0.05, 0) is 50.0 Å². The molecule has 0 saturated carbocycles. The van der Waals surface area contributed by atoms with Crippen LogP contribution in [0.4, 0.5) is 0 Å². The molecular formula is C23H29Cl2N3OS. The monoisotopic (exact) mass is 465 g/mol. The lowest BCUT2D eigenvalue weighted by molar-refractivity contribution is -0.127. The van der Waals surface area contributed by atoms with Gasteiger partial charge in [0.05, 0.1) is 20.6 Å². The molecule has 0 bridgehead atoms. The molecule has 4 rings (SSSR count). The van der Waals surface area contributed by atoms with E-state index < -0.39 is 5.41 Å². The Morgan fingerprint density at radius 1 is 1.17 bits per heavy atom. The average molecular weight is 466 g/mol. The number of nitrogens with zero attached hydrogens (tertiary/aromatic N) is 1. The Hall–Kier alpha value is -1.66. The first kappa shape index (κ1) is 24.6. The zero-order valence-electron chi connectivity index (χ0n) is 17.3. The lowest BCUT2D eigenvalue weighted by atomic mass is 9.78. The third-order valence-electron chi connectivity index (χ3n) is 5.86. The molecule has 0 spiro atoms. The average Bonchev–Trinajstić information content (AvgIpc) is 3.12. The summed E-state index contributed by atoms with van der Waals surface area (Å²) in [4.78, 5) is 18.3. The van der Waals surface area contributed by atoms with Crippen molar-refractivity contribution in [2.45, 2.75) is 38.1 Å². The minimum Gasteiger partial charge on any atom is -0.352 e. The second-order valence-corrected chi connectivity index (χ2v) is 9.12. The van der Waals surface area contributed by atoms with E-state index in [-0.39, 0.29) is 36.8 Å². The van der Waals surface area contributed by atoms with Crippen molar-refractivity contribution in [3.8, 4) is 0 Å². The molecule has 3 unspecified atom stereocenters. The molecule has 1 aliphatic rings. The Morgan fingerprint density at radius 2 is 1.87 bits per heavy atom. The fraction of sp³-hybridized carbons (Fsp3) is 0.391. The van der Waals surface area contributed by atoms with Crippen LogP contribution in [-0.2, 0) is 16.6 Å². The number of aromatic nitrogens is 1. The van der Waals surface area contributed by atoms with Gasteiger partial charge in [0.2, 0.25) is 5.91 Å². The fourth-order valence-electron chi connectivity index (χ4n) is 3.97. The third-order valence-corrected chi connectivity index (χ3v) is 6.89. The zero-order chi connectivity index (χ0) is 19.6. The molecule has 7 heteroatoms. The van der Waals surface area contributed by atoms with Crippen LogP contribution in [0.25, 0.3) is 10.2 Å². The molecule has 1 aliphatic heterocycles. The van der Waals surface area contributed by atoms with Gasteiger partial charge in [-0.15, -0.1) is 36.2 Å². The van der Waals surface area contributed by atoms with E-state index in [1.165, 1.54) is 4.70 Å². The fourth-order valence-corrected chi connectivity index (χ4v) is 5.10. The lowest BCUT2D eigenvalue weighted by Crippen LogP contribution is -2.53. The van der Waals surface area contributed by atoms with Gasteiger partial charge in [0.15, 0.2) is 0 Å². The van der Waals surface area contributed by atoms with Gasteiger partial charge in [-0.2, -0.15) is 0 Å². The standard InChI is InChI=1S/C23H27N3OS.2ClH/c1-16-15-24-13-12-18(16)26-22(27)23(2,17-8-4-3-5-9-17)14-21-25-19-10-6-7-11-20(19)28-21;;/h3-11,16,18,24H,12-15H2,1-2H3,(H,26,27);2*1H. The van der Waals surface area contributed by atoms with Crippen LogP contribution >= 0.6 is 36.2 Å². The Kier molecular flexibility index (Phi) is 8.68. The quantitative estimate of drug-likeness (QED) is 0.571. The number of carbonyl (C=O) groups is 1. The van der Waals surface area contributed by atoms with Crippen molar-refractivity contribution >= 4 is 52.3 Å². The number of hydrogen-bond acceptors (Lipinski definition) is 4. The van der Waals surface area contributed by atoms with Crippen molar-refractivity contribution in [1.29, 1.82) is 0 Å². The number of halogens is 2. The number of benzene rings is 2. The summed E-state index contributed by atoms with van der Waals surface area (Å²) < 4.78 is 1.17. The van der Waals surface area contributed by atoms with Gasteiger partial charge in [-0.1, -0.05) is 49.4 Å². The molecule has 2 aromatic carbocycles. The SMILES string of the molecule is CC1CNCCC1NC(=O)C(C)(Cc1nc2ccccc2s1)c1ccccc1.Cl.Cl. The first-order valence-electron chi connectivity index (χ1n) is 9.98. The summed E-state index contributed by atoms with van der Waals surface area (Å²) in [7, 11) is 0. The van der Waals surface area contributed by atoms with Crippen molar-refractivity contribution < 1.29 is 4.79 Å².